The number of pyridine rings is 1. The van der Waals surface area contributed by atoms with Gasteiger partial charge in [-0.3, -0.25) is 20.4 Å². The number of guanidine groups is 1. The molecule has 1 unspecified atom stereocenters. The van der Waals surface area contributed by atoms with Gasteiger partial charge in [0.25, 0.3) is 0 Å². The second-order valence-electron chi connectivity index (χ2n) is 7.53. The van der Waals surface area contributed by atoms with E-state index in [-0.39, 0.29) is 0 Å². The molecule has 1 heterocycles. The zero-order chi connectivity index (χ0) is 20.1. The lowest BCUT2D eigenvalue weighted by Crippen LogP contribution is -2.29. The van der Waals surface area contributed by atoms with Crippen LogP contribution in [-0.2, 0) is 4.57 Å². The molecule has 1 aromatic rings. The maximum absolute atomic E-state index is 12.7. The van der Waals surface area contributed by atoms with Gasteiger partial charge in [0.05, 0.1) is 0 Å². The number of nitrogens with one attached hydrogen (secondary N) is 3. The summed E-state index contributed by atoms with van der Waals surface area (Å²) in [4.78, 5) is 8.38. The highest BCUT2D eigenvalue weighted by Crippen LogP contribution is 2.39. The van der Waals surface area contributed by atoms with Crippen molar-refractivity contribution in [3.63, 3.8) is 0 Å². The molecule has 0 radical (unpaired) electrons. The lowest BCUT2D eigenvalue weighted by Gasteiger charge is -2.26. The van der Waals surface area contributed by atoms with Crippen LogP contribution in [0.4, 0.5) is 5.69 Å². The molecule has 1 saturated carbocycles. The van der Waals surface area contributed by atoms with Crippen molar-refractivity contribution in [1.29, 1.82) is 5.26 Å². The lowest BCUT2D eigenvalue weighted by atomic mass is 9.96. The van der Waals surface area contributed by atoms with Crippen LogP contribution in [0.2, 0.25) is 0 Å². The Kier molecular flexibility index (Phi) is 10.0. The number of aliphatic imine (C=N–C) groups is 1. The predicted octanol–water partition coefficient (Wildman–Crippen LogP) is 4.31. The van der Waals surface area contributed by atoms with Gasteiger partial charge in [-0.1, -0.05) is 32.1 Å². The summed E-state index contributed by atoms with van der Waals surface area (Å²) >= 11 is 0. The highest BCUT2D eigenvalue weighted by atomic mass is 31.2. The summed E-state index contributed by atoms with van der Waals surface area (Å²) in [5.74, 6) is 0.448. The van der Waals surface area contributed by atoms with E-state index in [9.17, 15) is 4.57 Å². The summed E-state index contributed by atoms with van der Waals surface area (Å²) in [5.41, 5.74) is 0.834. The van der Waals surface area contributed by atoms with Gasteiger partial charge < -0.3 is 9.88 Å². The highest BCUT2D eigenvalue weighted by molar-refractivity contribution is 7.61. The molecule has 0 aromatic carbocycles. The number of aromatic nitrogens is 1. The summed E-state index contributed by atoms with van der Waals surface area (Å²) in [6, 6.07) is 4.09. The molecule has 1 atom stereocenters. The van der Waals surface area contributed by atoms with Crippen molar-refractivity contribution in [3.8, 4) is 6.19 Å². The Balaban J connectivity index is 1.61. The van der Waals surface area contributed by atoms with Gasteiger partial charge >= 0.3 is 0 Å². The molecule has 1 fully saturated rings. The van der Waals surface area contributed by atoms with E-state index in [4.69, 9.17) is 5.26 Å². The third-order valence-corrected chi connectivity index (χ3v) is 7.02. The van der Waals surface area contributed by atoms with Crippen LogP contribution in [0.1, 0.15) is 57.8 Å². The third-order valence-electron chi connectivity index (χ3n) is 4.94. The van der Waals surface area contributed by atoms with Gasteiger partial charge in [0.15, 0.2) is 6.19 Å². The average Bonchev–Trinajstić information content (AvgIpc) is 2.68. The van der Waals surface area contributed by atoms with E-state index >= 15 is 0 Å². The molecule has 1 aliphatic carbocycles. The van der Waals surface area contributed by atoms with Crippen molar-refractivity contribution in [3.05, 3.63) is 24.5 Å². The van der Waals surface area contributed by atoms with Gasteiger partial charge in [-0.05, 0) is 37.8 Å². The second-order valence-corrected chi connectivity index (χ2v) is 10.4. The van der Waals surface area contributed by atoms with Crippen LogP contribution in [0.3, 0.4) is 0 Å². The van der Waals surface area contributed by atoms with Gasteiger partial charge in [-0.25, -0.2) is 0 Å². The summed E-state index contributed by atoms with van der Waals surface area (Å²) in [7, 11) is -2.22. The topological polar surface area (TPSA) is 102 Å². The van der Waals surface area contributed by atoms with Crippen LogP contribution in [0.15, 0.2) is 29.5 Å². The van der Waals surface area contributed by atoms with Crippen molar-refractivity contribution in [2.24, 2.45) is 4.99 Å². The number of unbranched alkanes of at least 4 members (excludes halogenated alkanes) is 3. The number of nitriles is 1. The minimum atomic E-state index is -2.22. The standard InChI is InChI=1S/C20H33N6OP/c1-28(27,26-19-9-5-4-6-10-19)16-8-3-2-7-13-23-20(24-17-21)25-18-11-14-22-15-12-18/h11-12,14-15,19H,2-10,13,16H2,1H3,(H,26,27)(H2,22,23,24,25). The fourth-order valence-corrected chi connectivity index (χ4v) is 5.47. The molecule has 3 N–H and O–H groups in total. The molecule has 2 rings (SSSR count). The van der Waals surface area contributed by atoms with E-state index in [0.29, 0.717) is 18.5 Å². The summed E-state index contributed by atoms with van der Waals surface area (Å²) in [6.07, 6.45) is 16.2. The molecule has 0 spiro atoms. The maximum Gasteiger partial charge on any atom is 0.209 e. The molecule has 1 aromatic heterocycles. The van der Waals surface area contributed by atoms with E-state index in [0.717, 1.165) is 37.5 Å². The fourth-order valence-electron chi connectivity index (χ4n) is 3.49. The fraction of sp³-hybridized carbons (Fsp3) is 0.650. The SMILES string of the molecule is CP(=O)(CCCCCCN=C(NC#N)Nc1ccncc1)NC1CCCCC1. The molecular weight excluding hydrogens is 371 g/mol. The van der Waals surface area contributed by atoms with Crippen LogP contribution >= 0.6 is 7.29 Å². The third kappa shape index (κ3) is 9.34. The predicted molar refractivity (Wildman–Crippen MR) is 116 cm³/mol. The van der Waals surface area contributed by atoms with Crippen LogP contribution in [0.5, 0.6) is 0 Å². The van der Waals surface area contributed by atoms with Crippen LogP contribution in [0, 0.1) is 11.5 Å². The van der Waals surface area contributed by atoms with Crippen LogP contribution < -0.4 is 15.7 Å². The van der Waals surface area contributed by atoms with Gasteiger partial charge in [-0.2, -0.15) is 5.26 Å². The molecule has 28 heavy (non-hydrogen) atoms. The first-order valence-corrected chi connectivity index (χ1v) is 12.6. The monoisotopic (exact) mass is 404 g/mol. The Morgan fingerprint density at radius 2 is 1.93 bits per heavy atom. The van der Waals surface area contributed by atoms with E-state index < -0.39 is 7.29 Å². The molecule has 0 amide bonds. The molecular formula is C20H33N6OP. The minimum absolute atomic E-state index is 0.448. The molecule has 7 nitrogen and oxygen atoms in total. The smallest absolute Gasteiger partial charge is 0.209 e. The zero-order valence-electron chi connectivity index (χ0n) is 16.9. The maximum atomic E-state index is 12.7. The Labute approximate surface area is 168 Å². The van der Waals surface area contributed by atoms with Crippen LogP contribution in [0.25, 0.3) is 0 Å². The van der Waals surface area contributed by atoms with E-state index in [1.54, 1.807) is 12.4 Å². The van der Waals surface area contributed by atoms with E-state index in [2.05, 4.69) is 25.7 Å². The van der Waals surface area contributed by atoms with Gasteiger partial charge in [0.1, 0.15) is 7.29 Å². The number of hydrogen-bond donors (Lipinski definition) is 3. The number of rotatable bonds is 10. The molecule has 0 saturated heterocycles. The molecule has 8 heteroatoms. The lowest BCUT2D eigenvalue weighted by molar-refractivity contribution is 0.412. The Hall–Kier alpha value is -1.90. The largest absolute Gasteiger partial charge is 0.325 e. The number of nitrogens with zero attached hydrogens (tertiary/aromatic N) is 3. The average molecular weight is 404 g/mol. The summed E-state index contributed by atoms with van der Waals surface area (Å²) < 4.78 is 12.7. The summed E-state index contributed by atoms with van der Waals surface area (Å²) in [6.45, 7) is 2.54. The van der Waals surface area contributed by atoms with Crippen molar-refractivity contribution in [2.75, 3.05) is 24.7 Å². The van der Waals surface area contributed by atoms with Crippen molar-refractivity contribution >= 4 is 18.9 Å². The molecule has 1 aliphatic rings. The zero-order valence-corrected chi connectivity index (χ0v) is 17.8. The molecule has 0 bridgehead atoms. The molecule has 0 aliphatic heterocycles. The highest BCUT2D eigenvalue weighted by Gasteiger charge is 2.21. The van der Waals surface area contributed by atoms with Gasteiger partial charge in [0.2, 0.25) is 5.96 Å². The van der Waals surface area contributed by atoms with Gasteiger partial charge in [0, 0.05) is 43.5 Å². The Bertz CT molecular complexity index is 682. The second kappa shape index (κ2) is 12.5. The minimum Gasteiger partial charge on any atom is -0.325 e. The first-order valence-electron chi connectivity index (χ1n) is 10.3. The number of hydrogen-bond acceptors (Lipinski definition) is 4. The Morgan fingerprint density at radius 3 is 2.64 bits per heavy atom. The van der Waals surface area contributed by atoms with Crippen molar-refractivity contribution in [1.82, 2.24) is 15.4 Å². The Morgan fingerprint density at radius 1 is 1.21 bits per heavy atom. The first kappa shape index (κ1) is 22.4. The van der Waals surface area contributed by atoms with E-state index in [1.165, 1.54) is 32.1 Å². The van der Waals surface area contributed by atoms with Crippen molar-refractivity contribution in [2.45, 2.75) is 63.8 Å². The van der Waals surface area contributed by atoms with E-state index in [1.807, 2.05) is 25.0 Å². The van der Waals surface area contributed by atoms with Crippen molar-refractivity contribution < 1.29 is 4.57 Å². The quantitative estimate of drug-likeness (QED) is 0.134. The number of anilines is 1. The normalized spacial score (nSPS) is 17.5. The first-order chi connectivity index (χ1) is 13.6. The molecule has 154 valence electrons. The van der Waals surface area contributed by atoms with Crippen LogP contribution in [-0.4, -0.2) is 36.4 Å². The van der Waals surface area contributed by atoms with Gasteiger partial charge in [-0.15, -0.1) is 0 Å². The summed E-state index contributed by atoms with van der Waals surface area (Å²) in [5, 5.41) is 17.9.